The van der Waals surface area contributed by atoms with Crippen molar-refractivity contribution in [1.82, 2.24) is 0 Å². The number of halogens is 2. The molecule has 0 spiro atoms. The van der Waals surface area contributed by atoms with Crippen LogP contribution < -0.4 is 0 Å². The minimum Gasteiger partial charge on any atom is -0.469 e. The molecular formula is C22H22F2O4. The van der Waals surface area contributed by atoms with Crippen LogP contribution in [0.5, 0.6) is 0 Å². The fraction of sp³-hybridized carbons (Fsp3) is 0.409. The Hall–Kier alpha value is -2.31. The first-order chi connectivity index (χ1) is 13.5. The third-order valence-corrected chi connectivity index (χ3v) is 5.57. The molecule has 0 aromatic heterocycles. The zero-order valence-electron chi connectivity index (χ0n) is 15.5. The van der Waals surface area contributed by atoms with Gasteiger partial charge < -0.3 is 14.2 Å². The van der Waals surface area contributed by atoms with Gasteiger partial charge in [0.2, 0.25) is 0 Å². The summed E-state index contributed by atoms with van der Waals surface area (Å²) >= 11 is 0. The van der Waals surface area contributed by atoms with E-state index in [4.69, 9.17) is 14.2 Å². The van der Waals surface area contributed by atoms with Gasteiger partial charge >= 0.3 is 5.97 Å². The molecular weight excluding hydrogens is 366 g/mol. The number of hydrogen-bond donors (Lipinski definition) is 0. The second-order valence-electron chi connectivity index (χ2n) is 7.32. The van der Waals surface area contributed by atoms with Crippen molar-refractivity contribution < 1.29 is 27.8 Å². The summed E-state index contributed by atoms with van der Waals surface area (Å²) in [5.41, 5.74) is 1.46. The van der Waals surface area contributed by atoms with Crippen LogP contribution in [0.3, 0.4) is 0 Å². The summed E-state index contributed by atoms with van der Waals surface area (Å²) in [6.45, 7) is 0. The Kier molecular flexibility index (Phi) is 5.42. The van der Waals surface area contributed by atoms with E-state index in [1.54, 1.807) is 24.3 Å². The van der Waals surface area contributed by atoms with Gasteiger partial charge in [0.05, 0.1) is 25.4 Å². The van der Waals surface area contributed by atoms with Crippen molar-refractivity contribution in [3.8, 4) is 0 Å². The molecule has 148 valence electrons. The van der Waals surface area contributed by atoms with Crippen LogP contribution in [0.1, 0.15) is 36.5 Å². The third kappa shape index (κ3) is 3.80. The van der Waals surface area contributed by atoms with Gasteiger partial charge in [-0.3, -0.25) is 4.79 Å². The van der Waals surface area contributed by atoms with Crippen molar-refractivity contribution in [3.05, 3.63) is 71.3 Å². The Bertz CT molecular complexity index is 776. The van der Waals surface area contributed by atoms with E-state index in [0.29, 0.717) is 6.42 Å². The Morgan fingerprint density at radius 1 is 1.00 bits per heavy atom. The fourth-order valence-electron chi connectivity index (χ4n) is 4.20. The van der Waals surface area contributed by atoms with Gasteiger partial charge in [-0.1, -0.05) is 24.3 Å². The first-order valence-corrected chi connectivity index (χ1v) is 9.45. The molecule has 2 bridgehead atoms. The van der Waals surface area contributed by atoms with Crippen LogP contribution in [0.15, 0.2) is 48.5 Å². The Morgan fingerprint density at radius 2 is 1.57 bits per heavy atom. The van der Waals surface area contributed by atoms with Gasteiger partial charge in [-0.15, -0.1) is 0 Å². The molecule has 2 aromatic carbocycles. The van der Waals surface area contributed by atoms with Gasteiger partial charge in [-0.2, -0.15) is 0 Å². The number of benzene rings is 2. The maximum atomic E-state index is 13.4. The molecule has 0 aliphatic carbocycles. The minimum atomic E-state index is -0.559. The molecule has 4 atom stereocenters. The van der Waals surface area contributed by atoms with Crippen LogP contribution in [0, 0.1) is 17.6 Å². The highest BCUT2D eigenvalue weighted by Gasteiger charge is 2.48. The predicted octanol–water partition coefficient (Wildman–Crippen LogP) is 4.18. The van der Waals surface area contributed by atoms with Gasteiger partial charge in [0.15, 0.2) is 0 Å². The number of esters is 1. The summed E-state index contributed by atoms with van der Waals surface area (Å²) in [5, 5.41) is 0. The molecule has 2 unspecified atom stereocenters. The van der Waals surface area contributed by atoms with Gasteiger partial charge in [0.1, 0.15) is 23.7 Å². The van der Waals surface area contributed by atoms with E-state index < -0.39 is 18.1 Å². The van der Waals surface area contributed by atoms with Crippen LogP contribution in [0.25, 0.3) is 0 Å². The molecule has 2 heterocycles. The van der Waals surface area contributed by atoms with Crippen molar-refractivity contribution in [2.75, 3.05) is 7.11 Å². The number of rotatable bonds is 5. The summed E-state index contributed by atoms with van der Waals surface area (Å²) < 4.78 is 44.2. The van der Waals surface area contributed by atoms with Gasteiger partial charge in [-0.05, 0) is 48.2 Å². The van der Waals surface area contributed by atoms with Crippen molar-refractivity contribution in [3.63, 3.8) is 0 Å². The van der Waals surface area contributed by atoms with Crippen LogP contribution in [0.2, 0.25) is 0 Å². The average molecular weight is 388 g/mol. The first kappa shape index (κ1) is 19.0. The molecule has 2 fully saturated rings. The van der Waals surface area contributed by atoms with Crippen molar-refractivity contribution >= 4 is 5.97 Å². The lowest BCUT2D eigenvalue weighted by Crippen LogP contribution is -2.45. The van der Waals surface area contributed by atoms with Crippen LogP contribution in [-0.2, 0) is 19.0 Å². The Morgan fingerprint density at radius 3 is 2.11 bits per heavy atom. The molecule has 0 radical (unpaired) electrons. The van der Waals surface area contributed by atoms with Crippen molar-refractivity contribution in [2.45, 2.75) is 43.7 Å². The molecule has 2 aromatic rings. The predicted molar refractivity (Wildman–Crippen MR) is 97.5 cm³/mol. The first-order valence-electron chi connectivity index (χ1n) is 9.45. The molecule has 0 amide bonds. The zero-order chi connectivity index (χ0) is 19.7. The molecule has 4 nitrogen and oxygen atoms in total. The summed E-state index contributed by atoms with van der Waals surface area (Å²) in [7, 11) is 1.36. The molecule has 0 N–H and O–H groups in total. The van der Waals surface area contributed by atoms with E-state index in [0.717, 1.165) is 24.0 Å². The van der Waals surface area contributed by atoms with E-state index in [1.165, 1.54) is 31.4 Å². The number of ether oxygens (including phenoxy) is 3. The molecule has 0 saturated carbocycles. The lowest BCUT2D eigenvalue weighted by Gasteiger charge is -2.37. The van der Waals surface area contributed by atoms with Gasteiger partial charge in [0, 0.05) is 6.42 Å². The number of hydrogen-bond acceptors (Lipinski definition) is 4. The van der Waals surface area contributed by atoms with Crippen molar-refractivity contribution in [1.29, 1.82) is 0 Å². The second kappa shape index (κ2) is 7.97. The molecule has 4 rings (SSSR count). The van der Waals surface area contributed by atoms with Crippen molar-refractivity contribution in [2.24, 2.45) is 5.92 Å². The number of carbonyl (C=O) groups is 1. The monoisotopic (exact) mass is 388 g/mol. The Balaban J connectivity index is 1.67. The van der Waals surface area contributed by atoms with E-state index in [-0.39, 0.29) is 29.8 Å². The molecule has 28 heavy (non-hydrogen) atoms. The second-order valence-corrected chi connectivity index (χ2v) is 7.32. The highest BCUT2D eigenvalue weighted by atomic mass is 19.1. The quantitative estimate of drug-likeness (QED) is 0.721. The lowest BCUT2D eigenvalue weighted by molar-refractivity contribution is -0.176. The maximum absolute atomic E-state index is 13.4. The summed E-state index contributed by atoms with van der Waals surface area (Å²) in [4.78, 5) is 12.4. The van der Waals surface area contributed by atoms with E-state index >= 15 is 0 Å². The number of fused-ring (bicyclic) bond motifs is 2. The molecule has 2 aliphatic heterocycles. The summed E-state index contributed by atoms with van der Waals surface area (Å²) in [5.74, 6) is -1.57. The van der Waals surface area contributed by atoms with Gasteiger partial charge in [-0.25, -0.2) is 8.78 Å². The Labute approximate surface area is 162 Å². The molecule has 2 aliphatic rings. The minimum absolute atomic E-state index is 0.0537. The molecule has 2 saturated heterocycles. The van der Waals surface area contributed by atoms with E-state index in [2.05, 4.69) is 0 Å². The summed E-state index contributed by atoms with van der Waals surface area (Å²) in [6.07, 6.45) is 1.12. The lowest BCUT2D eigenvalue weighted by atomic mass is 9.91. The van der Waals surface area contributed by atoms with Crippen LogP contribution in [0.4, 0.5) is 8.78 Å². The average Bonchev–Trinajstić information content (AvgIpc) is 3.08. The van der Waals surface area contributed by atoms with Gasteiger partial charge in [0.25, 0.3) is 0 Å². The maximum Gasteiger partial charge on any atom is 0.313 e. The zero-order valence-corrected chi connectivity index (χ0v) is 15.5. The smallest absolute Gasteiger partial charge is 0.313 e. The third-order valence-electron chi connectivity index (χ3n) is 5.57. The number of methoxy groups -OCH3 is 1. The standard InChI is InChI=1S/C22H22F2O4/c1-26-22(25)20-18-11-10-17(27-18)12-19(20)28-21(13-2-6-15(23)7-3-13)14-4-8-16(24)9-5-14/h2-9,17-21H,10-12H2,1H3/t17?,18?,19-,20+/m1/s1. The SMILES string of the molecule is COC(=O)[C@H]1C2CCC(C[C@H]1OC(c1ccc(F)cc1)c1ccc(F)cc1)O2. The van der Waals surface area contributed by atoms with E-state index in [1.807, 2.05) is 0 Å². The largest absolute Gasteiger partial charge is 0.469 e. The normalized spacial score (nSPS) is 26.4. The summed E-state index contributed by atoms with van der Waals surface area (Å²) in [6, 6.07) is 12.0. The molecule has 6 heteroatoms. The van der Waals surface area contributed by atoms with Crippen LogP contribution >= 0.6 is 0 Å². The highest BCUT2D eigenvalue weighted by Crippen LogP contribution is 2.41. The number of carbonyl (C=O) groups excluding carboxylic acids is 1. The highest BCUT2D eigenvalue weighted by molar-refractivity contribution is 5.74. The topological polar surface area (TPSA) is 44.8 Å². The van der Waals surface area contributed by atoms with Crippen LogP contribution in [-0.4, -0.2) is 31.4 Å². The fourth-order valence-corrected chi connectivity index (χ4v) is 4.20. The van der Waals surface area contributed by atoms with E-state index in [9.17, 15) is 13.6 Å².